The Balaban J connectivity index is 1.53. The van der Waals surface area contributed by atoms with E-state index in [9.17, 15) is 4.79 Å². The van der Waals surface area contributed by atoms with Gasteiger partial charge in [0.05, 0.1) is 0 Å². The number of nitrogens with zero attached hydrogens (tertiary/aromatic N) is 3. The Morgan fingerprint density at radius 3 is 2.77 bits per heavy atom. The number of rotatable bonds is 7. The SMILES string of the molecule is O=C(NCc1cccnc1)c1ccnc(NCCc2cccc(Cl)c2)n1. The molecule has 0 saturated carbocycles. The Morgan fingerprint density at radius 1 is 1.08 bits per heavy atom. The van der Waals surface area contributed by atoms with E-state index in [1.54, 1.807) is 24.7 Å². The minimum absolute atomic E-state index is 0.255. The predicted octanol–water partition coefficient (Wildman–Crippen LogP) is 3.11. The Kier molecular flexibility index (Phi) is 6.11. The van der Waals surface area contributed by atoms with Crippen molar-refractivity contribution in [2.24, 2.45) is 0 Å². The minimum atomic E-state index is -0.255. The van der Waals surface area contributed by atoms with Crippen LogP contribution < -0.4 is 10.6 Å². The molecule has 0 aliphatic carbocycles. The molecule has 132 valence electrons. The lowest BCUT2D eigenvalue weighted by atomic mass is 10.1. The summed E-state index contributed by atoms with van der Waals surface area (Å²) in [4.78, 5) is 24.7. The molecule has 2 N–H and O–H groups in total. The van der Waals surface area contributed by atoms with Crippen LogP contribution in [0.1, 0.15) is 21.6 Å². The second kappa shape index (κ2) is 8.92. The highest BCUT2D eigenvalue weighted by Gasteiger charge is 2.08. The van der Waals surface area contributed by atoms with E-state index in [1.165, 1.54) is 0 Å². The van der Waals surface area contributed by atoms with Gasteiger partial charge in [-0.25, -0.2) is 9.97 Å². The third-order valence-corrected chi connectivity index (χ3v) is 3.88. The van der Waals surface area contributed by atoms with Crippen LogP contribution >= 0.6 is 11.6 Å². The Hall–Kier alpha value is -2.99. The molecule has 0 unspecified atom stereocenters. The quantitative estimate of drug-likeness (QED) is 0.670. The Bertz CT molecular complexity index is 873. The van der Waals surface area contributed by atoms with Gasteiger partial charge in [-0.2, -0.15) is 0 Å². The second-order valence-corrected chi connectivity index (χ2v) is 6.05. The fraction of sp³-hybridized carbons (Fsp3) is 0.158. The van der Waals surface area contributed by atoms with E-state index < -0.39 is 0 Å². The maximum atomic E-state index is 12.2. The van der Waals surface area contributed by atoms with Crippen molar-refractivity contribution in [2.75, 3.05) is 11.9 Å². The number of amides is 1. The molecule has 0 spiro atoms. The van der Waals surface area contributed by atoms with Crippen molar-refractivity contribution >= 4 is 23.5 Å². The molecule has 6 nitrogen and oxygen atoms in total. The van der Waals surface area contributed by atoms with Crippen LogP contribution in [0.15, 0.2) is 61.1 Å². The van der Waals surface area contributed by atoms with Gasteiger partial charge >= 0.3 is 0 Å². The van der Waals surface area contributed by atoms with E-state index in [-0.39, 0.29) is 5.91 Å². The van der Waals surface area contributed by atoms with Crippen LogP contribution in [0.4, 0.5) is 5.95 Å². The first-order valence-corrected chi connectivity index (χ1v) is 8.57. The lowest BCUT2D eigenvalue weighted by Gasteiger charge is -2.08. The standard InChI is InChI=1S/C19H18ClN5O/c20-16-5-1-3-14(11-16)6-9-22-19-23-10-7-17(25-19)18(26)24-13-15-4-2-8-21-12-15/h1-5,7-8,10-12H,6,9,13H2,(H,24,26)(H,22,23,25). The summed E-state index contributed by atoms with van der Waals surface area (Å²) >= 11 is 5.98. The molecule has 0 bridgehead atoms. The molecule has 1 amide bonds. The lowest BCUT2D eigenvalue weighted by molar-refractivity contribution is 0.0946. The summed E-state index contributed by atoms with van der Waals surface area (Å²) < 4.78 is 0. The van der Waals surface area contributed by atoms with E-state index in [0.717, 1.165) is 17.5 Å². The molecule has 3 aromatic rings. The number of aromatic nitrogens is 3. The van der Waals surface area contributed by atoms with Crippen LogP contribution in [0.5, 0.6) is 0 Å². The van der Waals surface area contributed by atoms with Crippen molar-refractivity contribution < 1.29 is 4.79 Å². The van der Waals surface area contributed by atoms with E-state index >= 15 is 0 Å². The molecule has 2 heterocycles. The number of anilines is 1. The van der Waals surface area contributed by atoms with Gasteiger partial charge in [-0.3, -0.25) is 9.78 Å². The number of benzene rings is 1. The third kappa shape index (κ3) is 5.26. The first-order valence-electron chi connectivity index (χ1n) is 8.19. The van der Waals surface area contributed by atoms with Gasteiger partial charge in [0, 0.05) is 36.7 Å². The van der Waals surface area contributed by atoms with Crippen molar-refractivity contribution in [1.82, 2.24) is 20.3 Å². The largest absolute Gasteiger partial charge is 0.354 e. The molecule has 26 heavy (non-hydrogen) atoms. The van der Waals surface area contributed by atoms with Crippen molar-refractivity contribution in [3.8, 4) is 0 Å². The van der Waals surface area contributed by atoms with Gasteiger partial charge in [0.2, 0.25) is 5.95 Å². The van der Waals surface area contributed by atoms with Crippen LogP contribution in [0.25, 0.3) is 0 Å². The van der Waals surface area contributed by atoms with Crippen LogP contribution in [-0.4, -0.2) is 27.4 Å². The highest BCUT2D eigenvalue weighted by molar-refractivity contribution is 6.30. The molecule has 2 aromatic heterocycles. The number of nitrogens with one attached hydrogen (secondary N) is 2. The zero-order valence-electron chi connectivity index (χ0n) is 14.0. The van der Waals surface area contributed by atoms with Crippen LogP contribution in [0.2, 0.25) is 5.02 Å². The minimum Gasteiger partial charge on any atom is -0.354 e. The van der Waals surface area contributed by atoms with Crippen molar-refractivity contribution in [2.45, 2.75) is 13.0 Å². The van der Waals surface area contributed by atoms with Gasteiger partial charge < -0.3 is 10.6 Å². The van der Waals surface area contributed by atoms with Gasteiger partial charge in [0.15, 0.2) is 0 Å². The van der Waals surface area contributed by atoms with E-state index in [4.69, 9.17) is 11.6 Å². The van der Waals surface area contributed by atoms with Gasteiger partial charge in [0.1, 0.15) is 5.69 Å². The molecule has 0 atom stereocenters. The number of carbonyl (C=O) groups is 1. The predicted molar refractivity (Wildman–Crippen MR) is 101 cm³/mol. The molecule has 0 fully saturated rings. The smallest absolute Gasteiger partial charge is 0.270 e. The average molecular weight is 368 g/mol. The zero-order valence-corrected chi connectivity index (χ0v) is 14.8. The summed E-state index contributed by atoms with van der Waals surface area (Å²) in [5.74, 6) is 0.162. The molecule has 0 aliphatic rings. The van der Waals surface area contributed by atoms with Crippen molar-refractivity contribution in [1.29, 1.82) is 0 Å². The Labute approximate surface area is 156 Å². The molecular formula is C19H18ClN5O. The number of carbonyl (C=O) groups excluding carboxylic acids is 1. The monoisotopic (exact) mass is 367 g/mol. The molecule has 0 saturated heterocycles. The molecule has 1 aromatic carbocycles. The van der Waals surface area contributed by atoms with E-state index in [2.05, 4.69) is 25.6 Å². The van der Waals surface area contributed by atoms with Crippen LogP contribution in [-0.2, 0) is 13.0 Å². The lowest BCUT2D eigenvalue weighted by Crippen LogP contribution is -2.24. The fourth-order valence-electron chi connectivity index (χ4n) is 2.36. The second-order valence-electron chi connectivity index (χ2n) is 5.62. The molecule has 0 radical (unpaired) electrons. The van der Waals surface area contributed by atoms with Crippen molar-refractivity contribution in [3.63, 3.8) is 0 Å². The highest BCUT2D eigenvalue weighted by atomic mass is 35.5. The van der Waals surface area contributed by atoms with Gasteiger partial charge in [-0.1, -0.05) is 29.8 Å². The van der Waals surface area contributed by atoms with Gasteiger partial charge in [-0.15, -0.1) is 0 Å². The topological polar surface area (TPSA) is 79.8 Å². The Morgan fingerprint density at radius 2 is 1.96 bits per heavy atom. The molecular weight excluding hydrogens is 350 g/mol. The van der Waals surface area contributed by atoms with E-state index in [1.807, 2.05) is 36.4 Å². The fourth-order valence-corrected chi connectivity index (χ4v) is 2.57. The van der Waals surface area contributed by atoms with Gasteiger partial charge in [-0.05, 0) is 41.8 Å². The number of pyridine rings is 1. The summed E-state index contributed by atoms with van der Waals surface area (Å²) in [5.41, 5.74) is 2.36. The summed E-state index contributed by atoms with van der Waals surface area (Å²) in [6, 6.07) is 13.0. The maximum Gasteiger partial charge on any atom is 0.270 e. The van der Waals surface area contributed by atoms with Crippen LogP contribution in [0, 0.1) is 0 Å². The first-order chi connectivity index (χ1) is 12.7. The molecule has 3 rings (SSSR count). The summed E-state index contributed by atoms with van der Waals surface area (Å²) in [6.07, 6.45) is 5.75. The number of hydrogen-bond donors (Lipinski definition) is 2. The van der Waals surface area contributed by atoms with Crippen molar-refractivity contribution in [3.05, 3.63) is 82.9 Å². The third-order valence-electron chi connectivity index (χ3n) is 3.65. The zero-order chi connectivity index (χ0) is 18.2. The summed E-state index contributed by atoms with van der Waals surface area (Å²) in [7, 11) is 0. The number of hydrogen-bond acceptors (Lipinski definition) is 5. The van der Waals surface area contributed by atoms with Crippen LogP contribution in [0.3, 0.4) is 0 Å². The molecule has 0 aliphatic heterocycles. The first kappa shape index (κ1) is 17.8. The molecule has 7 heteroatoms. The average Bonchev–Trinajstić information content (AvgIpc) is 2.67. The number of halogens is 1. The summed E-state index contributed by atoms with van der Waals surface area (Å²) in [5, 5.41) is 6.66. The van der Waals surface area contributed by atoms with Gasteiger partial charge in [0.25, 0.3) is 5.91 Å². The summed E-state index contributed by atoms with van der Waals surface area (Å²) in [6.45, 7) is 1.04. The highest BCUT2D eigenvalue weighted by Crippen LogP contribution is 2.11. The van der Waals surface area contributed by atoms with E-state index in [0.29, 0.717) is 29.8 Å². The maximum absolute atomic E-state index is 12.2. The normalized spacial score (nSPS) is 10.3.